The summed E-state index contributed by atoms with van der Waals surface area (Å²) in [6.45, 7) is 0. The number of anilines is 1. The molecule has 2 atom stereocenters. The fraction of sp³-hybridized carbons (Fsp3) is 0.385. The highest BCUT2D eigenvalue weighted by atomic mass is 35.5. The van der Waals surface area contributed by atoms with Crippen LogP contribution in [-0.2, 0) is 9.59 Å². The van der Waals surface area contributed by atoms with Crippen molar-refractivity contribution in [1.82, 2.24) is 0 Å². The van der Waals surface area contributed by atoms with Crippen molar-refractivity contribution in [1.29, 1.82) is 0 Å². The van der Waals surface area contributed by atoms with E-state index in [1.165, 1.54) is 18.2 Å². The monoisotopic (exact) mass is 285 g/mol. The van der Waals surface area contributed by atoms with Crippen LogP contribution in [0.25, 0.3) is 0 Å². The zero-order chi connectivity index (χ0) is 14.0. The van der Waals surface area contributed by atoms with Crippen molar-refractivity contribution in [2.24, 2.45) is 11.8 Å². The normalized spacial score (nSPS) is 22.2. The Hall–Kier alpha value is -1.62. The van der Waals surface area contributed by atoms with Crippen LogP contribution in [0.1, 0.15) is 19.3 Å². The Labute approximate surface area is 114 Å². The molecule has 1 saturated carbocycles. The third-order valence-corrected chi connectivity index (χ3v) is 3.68. The number of para-hydroxylation sites is 1. The molecule has 0 saturated heterocycles. The van der Waals surface area contributed by atoms with E-state index in [9.17, 15) is 14.0 Å². The van der Waals surface area contributed by atoms with Gasteiger partial charge >= 0.3 is 5.97 Å². The van der Waals surface area contributed by atoms with Crippen LogP contribution in [0, 0.1) is 17.7 Å². The predicted octanol–water partition coefficient (Wildman–Crippen LogP) is 2.92. The van der Waals surface area contributed by atoms with Gasteiger partial charge in [0.25, 0.3) is 0 Å². The smallest absolute Gasteiger partial charge is 0.306 e. The summed E-state index contributed by atoms with van der Waals surface area (Å²) in [7, 11) is 0. The Bertz CT molecular complexity index is 500. The Morgan fingerprint density at radius 1 is 1.32 bits per heavy atom. The molecule has 0 radical (unpaired) electrons. The molecule has 1 amide bonds. The second-order valence-corrected chi connectivity index (χ2v) is 5.04. The molecule has 0 aliphatic heterocycles. The summed E-state index contributed by atoms with van der Waals surface area (Å²) >= 11 is 5.81. The van der Waals surface area contributed by atoms with Crippen molar-refractivity contribution in [3.8, 4) is 0 Å². The van der Waals surface area contributed by atoms with Gasteiger partial charge in [0, 0.05) is 5.92 Å². The molecule has 2 rings (SSSR count). The molecule has 0 spiro atoms. The number of carboxylic acid groups (broad SMARTS) is 1. The van der Waals surface area contributed by atoms with Gasteiger partial charge in [0.1, 0.15) is 5.82 Å². The maximum Gasteiger partial charge on any atom is 0.306 e. The van der Waals surface area contributed by atoms with Crippen molar-refractivity contribution >= 4 is 29.2 Å². The van der Waals surface area contributed by atoms with Crippen LogP contribution in [0.2, 0.25) is 5.02 Å². The summed E-state index contributed by atoms with van der Waals surface area (Å²) in [5.74, 6) is -2.77. The van der Waals surface area contributed by atoms with Gasteiger partial charge in [-0.15, -0.1) is 0 Å². The molecule has 102 valence electrons. The summed E-state index contributed by atoms with van der Waals surface area (Å²) in [6.07, 6.45) is 1.25. The SMILES string of the molecule is O=C(O)[C@H]1CC[C@@H](C(=O)Nc2c(F)cccc2Cl)C1. The lowest BCUT2D eigenvalue weighted by Crippen LogP contribution is -2.22. The number of carboxylic acids is 1. The van der Waals surface area contributed by atoms with Crippen LogP contribution < -0.4 is 5.32 Å². The lowest BCUT2D eigenvalue weighted by molar-refractivity contribution is -0.141. The van der Waals surface area contributed by atoms with Crippen LogP contribution in [-0.4, -0.2) is 17.0 Å². The number of hydrogen-bond acceptors (Lipinski definition) is 2. The Balaban J connectivity index is 2.04. The number of hydrogen-bond donors (Lipinski definition) is 2. The standard InChI is InChI=1S/C13H13ClFNO3/c14-9-2-1-3-10(15)11(9)16-12(17)7-4-5-8(6-7)13(18)19/h1-3,7-8H,4-6H2,(H,16,17)(H,18,19)/t7-,8+/m1/s1. The quantitative estimate of drug-likeness (QED) is 0.897. The summed E-state index contributed by atoms with van der Waals surface area (Å²) in [5, 5.41) is 11.4. The highest BCUT2D eigenvalue weighted by Crippen LogP contribution is 2.33. The highest BCUT2D eigenvalue weighted by molar-refractivity contribution is 6.33. The summed E-state index contributed by atoms with van der Waals surface area (Å²) in [6, 6.07) is 4.13. The van der Waals surface area contributed by atoms with Gasteiger partial charge in [0.15, 0.2) is 0 Å². The highest BCUT2D eigenvalue weighted by Gasteiger charge is 2.34. The second-order valence-electron chi connectivity index (χ2n) is 4.63. The van der Waals surface area contributed by atoms with Gasteiger partial charge in [-0.1, -0.05) is 17.7 Å². The van der Waals surface area contributed by atoms with E-state index in [0.717, 1.165) is 0 Å². The Kier molecular flexibility index (Phi) is 4.04. The van der Waals surface area contributed by atoms with E-state index in [4.69, 9.17) is 16.7 Å². The molecule has 1 fully saturated rings. The third-order valence-electron chi connectivity index (χ3n) is 3.36. The lowest BCUT2D eigenvalue weighted by Gasteiger charge is -2.12. The van der Waals surface area contributed by atoms with Gasteiger partial charge in [0.2, 0.25) is 5.91 Å². The summed E-state index contributed by atoms with van der Waals surface area (Å²) in [4.78, 5) is 22.8. The summed E-state index contributed by atoms with van der Waals surface area (Å²) < 4.78 is 13.5. The first kappa shape index (κ1) is 13.8. The molecular formula is C13H13ClFNO3. The van der Waals surface area contributed by atoms with Gasteiger partial charge in [-0.3, -0.25) is 9.59 Å². The van der Waals surface area contributed by atoms with E-state index in [0.29, 0.717) is 12.8 Å². The zero-order valence-electron chi connectivity index (χ0n) is 10.0. The van der Waals surface area contributed by atoms with Crippen LogP contribution in [0.15, 0.2) is 18.2 Å². The Morgan fingerprint density at radius 2 is 2.00 bits per heavy atom. The molecule has 2 N–H and O–H groups in total. The third kappa shape index (κ3) is 3.04. The number of amides is 1. The fourth-order valence-corrected chi connectivity index (χ4v) is 2.50. The molecule has 19 heavy (non-hydrogen) atoms. The average Bonchev–Trinajstić information content (AvgIpc) is 2.83. The topological polar surface area (TPSA) is 66.4 Å². The number of aliphatic carboxylic acids is 1. The molecule has 0 unspecified atom stereocenters. The molecule has 1 aliphatic carbocycles. The van der Waals surface area contributed by atoms with Crippen LogP contribution >= 0.6 is 11.6 Å². The minimum atomic E-state index is -0.890. The molecule has 1 aromatic rings. The van der Waals surface area contributed by atoms with Gasteiger partial charge < -0.3 is 10.4 Å². The van der Waals surface area contributed by atoms with Crippen molar-refractivity contribution in [2.75, 3.05) is 5.32 Å². The number of halogens is 2. The van der Waals surface area contributed by atoms with E-state index in [1.54, 1.807) is 0 Å². The fourth-order valence-electron chi connectivity index (χ4n) is 2.29. The number of benzene rings is 1. The molecule has 6 heteroatoms. The van der Waals surface area contributed by atoms with E-state index in [-0.39, 0.29) is 23.0 Å². The molecular weight excluding hydrogens is 273 g/mol. The van der Waals surface area contributed by atoms with Crippen molar-refractivity contribution in [3.05, 3.63) is 29.0 Å². The van der Waals surface area contributed by atoms with Crippen molar-refractivity contribution < 1.29 is 19.1 Å². The molecule has 1 aliphatic rings. The summed E-state index contributed by atoms with van der Waals surface area (Å²) in [5.41, 5.74) is -0.0482. The molecule has 0 aromatic heterocycles. The van der Waals surface area contributed by atoms with Crippen molar-refractivity contribution in [3.63, 3.8) is 0 Å². The average molecular weight is 286 g/mol. The van der Waals surface area contributed by atoms with Gasteiger partial charge in [-0.25, -0.2) is 4.39 Å². The van der Waals surface area contributed by atoms with E-state index < -0.39 is 23.6 Å². The molecule has 0 bridgehead atoms. The first-order valence-corrected chi connectivity index (χ1v) is 6.34. The van der Waals surface area contributed by atoms with Gasteiger partial charge in [0.05, 0.1) is 16.6 Å². The maximum absolute atomic E-state index is 13.5. The lowest BCUT2D eigenvalue weighted by atomic mass is 10.0. The molecule has 4 nitrogen and oxygen atoms in total. The largest absolute Gasteiger partial charge is 0.481 e. The van der Waals surface area contributed by atoms with Gasteiger partial charge in [-0.2, -0.15) is 0 Å². The van der Waals surface area contributed by atoms with E-state index in [2.05, 4.69) is 5.32 Å². The van der Waals surface area contributed by atoms with Crippen molar-refractivity contribution in [2.45, 2.75) is 19.3 Å². The van der Waals surface area contributed by atoms with Crippen LogP contribution in [0.3, 0.4) is 0 Å². The number of carbonyl (C=O) groups is 2. The zero-order valence-corrected chi connectivity index (χ0v) is 10.8. The van der Waals surface area contributed by atoms with E-state index >= 15 is 0 Å². The van der Waals surface area contributed by atoms with E-state index in [1.807, 2.05) is 0 Å². The first-order chi connectivity index (χ1) is 8.99. The van der Waals surface area contributed by atoms with Crippen LogP contribution in [0.5, 0.6) is 0 Å². The second kappa shape index (κ2) is 5.57. The number of carbonyl (C=O) groups excluding carboxylic acids is 1. The maximum atomic E-state index is 13.5. The first-order valence-electron chi connectivity index (χ1n) is 5.96. The minimum Gasteiger partial charge on any atom is -0.481 e. The van der Waals surface area contributed by atoms with Crippen LogP contribution in [0.4, 0.5) is 10.1 Å². The number of nitrogens with one attached hydrogen (secondary N) is 1. The number of rotatable bonds is 3. The molecule has 0 heterocycles. The Morgan fingerprint density at radius 3 is 2.58 bits per heavy atom. The predicted molar refractivity (Wildman–Crippen MR) is 68.5 cm³/mol. The molecule has 1 aromatic carbocycles. The minimum absolute atomic E-state index is 0.0482. The van der Waals surface area contributed by atoms with Gasteiger partial charge in [-0.05, 0) is 31.4 Å².